The molecule has 0 aromatic carbocycles. The molecule has 0 atom stereocenters. The highest BCUT2D eigenvalue weighted by Crippen LogP contribution is 2.30. The summed E-state index contributed by atoms with van der Waals surface area (Å²) in [6, 6.07) is 0. The number of rotatable bonds is 3. The van der Waals surface area contributed by atoms with Crippen LogP contribution >= 0.6 is 15.9 Å². The number of aromatic nitrogens is 2. The SMILES string of the molecule is CCn1nc(C)c(Br)c1CC1(O)CCN(C)CC1. The van der Waals surface area contributed by atoms with Crippen molar-refractivity contribution in [2.24, 2.45) is 0 Å². The molecular weight excluding hydrogens is 294 g/mol. The predicted molar refractivity (Wildman–Crippen MR) is 75.7 cm³/mol. The van der Waals surface area contributed by atoms with Crippen molar-refractivity contribution < 1.29 is 5.11 Å². The van der Waals surface area contributed by atoms with E-state index in [2.05, 4.69) is 39.9 Å². The Balaban J connectivity index is 2.18. The van der Waals surface area contributed by atoms with Gasteiger partial charge in [0, 0.05) is 26.1 Å². The first-order valence-corrected chi connectivity index (χ1v) is 7.37. The van der Waals surface area contributed by atoms with Crippen molar-refractivity contribution in [1.29, 1.82) is 0 Å². The van der Waals surface area contributed by atoms with Crippen LogP contribution in [0, 0.1) is 6.92 Å². The molecule has 1 aromatic heterocycles. The molecular formula is C13H22BrN3O. The van der Waals surface area contributed by atoms with Gasteiger partial charge in [0.15, 0.2) is 0 Å². The molecule has 2 heterocycles. The minimum atomic E-state index is -0.575. The predicted octanol–water partition coefficient (Wildman–Crippen LogP) is 1.97. The van der Waals surface area contributed by atoms with Gasteiger partial charge in [-0.2, -0.15) is 5.10 Å². The minimum Gasteiger partial charge on any atom is -0.389 e. The third-order valence-corrected chi connectivity index (χ3v) is 4.90. The number of hydrogen-bond acceptors (Lipinski definition) is 3. The average molecular weight is 316 g/mol. The first-order chi connectivity index (χ1) is 8.45. The minimum absolute atomic E-state index is 0.575. The van der Waals surface area contributed by atoms with Crippen LogP contribution in [0.3, 0.4) is 0 Å². The monoisotopic (exact) mass is 315 g/mol. The first-order valence-electron chi connectivity index (χ1n) is 6.58. The average Bonchev–Trinajstić information content (AvgIpc) is 2.61. The summed E-state index contributed by atoms with van der Waals surface area (Å²) >= 11 is 3.60. The van der Waals surface area contributed by atoms with E-state index in [9.17, 15) is 5.11 Å². The van der Waals surface area contributed by atoms with E-state index >= 15 is 0 Å². The van der Waals surface area contributed by atoms with Gasteiger partial charge in [-0.1, -0.05) is 0 Å². The molecule has 1 N–H and O–H groups in total. The van der Waals surface area contributed by atoms with Crippen LogP contribution in [-0.4, -0.2) is 45.5 Å². The van der Waals surface area contributed by atoms with Crippen LogP contribution in [0.1, 0.15) is 31.2 Å². The van der Waals surface area contributed by atoms with Crippen LogP contribution in [-0.2, 0) is 13.0 Å². The van der Waals surface area contributed by atoms with Crippen molar-refractivity contribution in [3.8, 4) is 0 Å². The Morgan fingerprint density at radius 1 is 1.39 bits per heavy atom. The molecule has 0 amide bonds. The fraction of sp³-hybridized carbons (Fsp3) is 0.769. The second-order valence-electron chi connectivity index (χ2n) is 5.37. The zero-order valence-corrected chi connectivity index (χ0v) is 13.0. The van der Waals surface area contributed by atoms with Gasteiger partial charge in [0.1, 0.15) is 0 Å². The molecule has 1 saturated heterocycles. The lowest BCUT2D eigenvalue weighted by Crippen LogP contribution is -2.44. The summed E-state index contributed by atoms with van der Waals surface area (Å²) in [5, 5.41) is 15.2. The maximum Gasteiger partial charge on any atom is 0.0738 e. The van der Waals surface area contributed by atoms with E-state index in [-0.39, 0.29) is 0 Å². The molecule has 2 rings (SSSR count). The van der Waals surface area contributed by atoms with Crippen molar-refractivity contribution in [2.75, 3.05) is 20.1 Å². The van der Waals surface area contributed by atoms with Gasteiger partial charge >= 0.3 is 0 Å². The van der Waals surface area contributed by atoms with E-state index < -0.39 is 5.60 Å². The first kappa shape index (κ1) is 14.0. The lowest BCUT2D eigenvalue weighted by molar-refractivity contribution is -0.0166. The van der Waals surface area contributed by atoms with Gasteiger partial charge in [0.05, 0.1) is 21.5 Å². The van der Waals surface area contributed by atoms with Gasteiger partial charge in [-0.15, -0.1) is 0 Å². The molecule has 102 valence electrons. The molecule has 0 saturated carbocycles. The Bertz CT molecular complexity index is 422. The van der Waals surface area contributed by atoms with Gasteiger partial charge < -0.3 is 10.0 Å². The molecule has 5 heteroatoms. The zero-order valence-electron chi connectivity index (χ0n) is 11.4. The third kappa shape index (κ3) is 2.78. The summed E-state index contributed by atoms with van der Waals surface area (Å²) in [5.74, 6) is 0. The normalized spacial score (nSPS) is 20.3. The lowest BCUT2D eigenvalue weighted by atomic mass is 9.87. The van der Waals surface area contributed by atoms with Crippen LogP contribution in [0.2, 0.25) is 0 Å². The van der Waals surface area contributed by atoms with Crippen LogP contribution in [0.15, 0.2) is 4.47 Å². The fourth-order valence-electron chi connectivity index (χ4n) is 2.56. The molecule has 0 spiro atoms. The maximum atomic E-state index is 10.7. The Morgan fingerprint density at radius 3 is 2.56 bits per heavy atom. The largest absolute Gasteiger partial charge is 0.389 e. The summed E-state index contributed by atoms with van der Waals surface area (Å²) < 4.78 is 3.05. The Morgan fingerprint density at radius 2 is 2.00 bits per heavy atom. The number of halogens is 1. The summed E-state index contributed by atoms with van der Waals surface area (Å²) in [5.41, 5.74) is 1.56. The fourth-order valence-corrected chi connectivity index (χ4v) is 2.99. The van der Waals surface area contributed by atoms with Crippen LogP contribution in [0.25, 0.3) is 0 Å². The number of nitrogens with zero attached hydrogens (tertiary/aromatic N) is 3. The third-order valence-electron chi connectivity index (χ3n) is 3.87. The molecule has 0 bridgehead atoms. The number of piperidine rings is 1. The van der Waals surface area contributed by atoms with Crippen molar-refractivity contribution in [2.45, 2.75) is 45.3 Å². The van der Waals surface area contributed by atoms with Gasteiger partial charge in [0.2, 0.25) is 0 Å². The topological polar surface area (TPSA) is 41.3 Å². The standard InChI is InChI=1S/C13H22BrN3O/c1-4-17-11(12(14)10(2)15-17)9-13(18)5-7-16(3)8-6-13/h18H,4-9H2,1-3H3. The highest BCUT2D eigenvalue weighted by Gasteiger charge is 2.33. The molecule has 0 aliphatic carbocycles. The molecule has 1 aliphatic rings. The molecule has 0 unspecified atom stereocenters. The number of aryl methyl sites for hydroxylation is 2. The summed E-state index contributed by atoms with van der Waals surface area (Å²) in [6.07, 6.45) is 2.36. The molecule has 1 fully saturated rings. The van der Waals surface area contributed by atoms with Crippen molar-refractivity contribution in [1.82, 2.24) is 14.7 Å². The van der Waals surface area contributed by atoms with E-state index in [4.69, 9.17) is 0 Å². The second kappa shape index (κ2) is 5.31. The van der Waals surface area contributed by atoms with E-state index in [0.717, 1.165) is 48.3 Å². The highest BCUT2D eigenvalue weighted by atomic mass is 79.9. The molecule has 1 aliphatic heterocycles. The second-order valence-corrected chi connectivity index (χ2v) is 6.16. The van der Waals surface area contributed by atoms with Crippen LogP contribution in [0.5, 0.6) is 0 Å². The summed E-state index contributed by atoms with van der Waals surface area (Å²) in [4.78, 5) is 2.27. The maximum absolute atomic E-state index is 10.7. The molecule has 0 radical (unpaired) electrons. The number of hydrogen-bond donors (Lipinski definition) is 1. The van der Waals surface area contributed by atoms with Gasteiger partial charge in [-0.25, -0.2) is 0 Å². The van der Waals surface area contributed by atoms with Gasteiger partial charge in [-0.05, 0) is 49.7 Å². The Kier molecular flexibility index (Phi) is 4.14. The summed E-state index contributed by atoms with van der Waals surface area (Å²) in [6.45, 7) is 6.86. The van der Waals surface area contributed by atoms with Crippen molar-refractivity contribution in [3.05, 3.63) is 15.9 Å². The smallest absolute Gasteiger partial charge is 0.0738 e. The highest BCUT2D eigenvalue weighted by molar-refractivity contribution is 9.10. The van der Waals surface area contributed by atoms with Crippen LogP contribution in [0.4, 0.5) is 0 Å². The lowest BCUT2D eigenvalue weighted by Gasteiger charge is -2.36. The van der Waals surface area contributed by atoms with Gasteiger partial charge in [0.25, 0.3) is 0 Å². The number of likely N-dealkylation sites (tertiary alicyclic amines) is 1. The van der Waals surface area contributed by atoms with E-state index in [1.54, 1.807) is 0 Å². The molecule has 1 aromatic rings. The van der Waals surface area contributed by atoms with Crippen molar-refractivity contribution in [3.63, 3.8) is 0 Å². The van der Waals surface area contributed by atoms with E-state index in [1.165, 1.54) is 0 Å². The van der Waals surface area contributed by atoms with Crippen LogP contribution < -0.4 is 0 Å². The quantitative estimate of drug-likeness (QED) is 0.927. The Hall–Kier alpha value is -0.390. The molecule has 18 heavy (non-hydrogen) atoms. The van der Waals surface area contributed by atoms with Crippen molar-refractivity contribution >= 4 is 15.9 Å². The number of aliphatic hydroxyl groups is 1. The molecule has 4 nitrogen and oxygen atoms in total. The Labute approximate surface area is 117 Å². The van der Waals surface area contributed by atoms with E-state index in [1.807, 2.05) is 11.6 Å². The summed E-state index contributed by atoms with van der Waals surface area (Å²) in [7, 11) is 2.11. The van der Waals surface area contributed by atoms with Gasteiger partial charge in [-0.3, -0.25) is 4.68 Å². The van der Waals surface area contributed by atoms with E-state index in [0.29, 0.717) is 6.42 Å². The zero-order chi connectivity index (χ0) is 13.3.